The van der Waals surface area contributed by atoms with Crippen molar-refractivity contribution in [2.75, 3.05) is 32.0 Å². The maximum absolute atomic E-state index is 15.3. The van der Waals surface area contributed by atoms with Crippen molar-refractivity contribution >= 4 is 22.6 Å². The van der Waals surface area contributed by atoms with Crippen LogP contribution in [0.2, 0.25) is 0 Å². The van der Waals surface area contributed by atoms with Crippen LogP contribution in [-0.4, -0.2) is 59.2 Å². The van der Waals surface area contributed by atoms with Crippen molar-refractivity contribution in [2.24, 2.45) is 0 Å². The third-order valence-electron chi connectivity index (χ3n) is 7.70. The maximum atomic E-state index is 15.3. The number of aryl methyl sites for hydroxylation is 1. The second-order valence-electron chi connectivity index (χ2n) is 9.97. The van der Waals surface area contributed by atoms with Crippen LogP contribution in [0.5, 0.6) is 5.75 Å². The van der Waals surface area contributed by atoms with E-state index in [0.29, 0.717) is 69.6 Å². The summed E-state index contributed by atoms with van der Waals surface area (Å²) in [5, 5.41) is 0.808. The largest absolute Gasteiger partial charge is 0.573 e. The maximum Gasteiger partial charge on any atom is 0.573 e. The van der Waals surface area contributed by atoms with Crippen molar-refractivity contribution in [3.63, 3.8) is 0 Å². The number of carbonyl (C=O) groups excluding carboxylic acids is 1. The van der Waals surface area contributed by atoms with Gasteiger partial charge < -0.3 is 29.8 Å². The highest BCUT2D eigenvalue weighted by molar-refractivity contribution is 5.99. The lowest BCUT2D eigenvalue weighted by Crippen LogP contribution is -2.38. The van der Waals surface area contributed by atoms with Crippen molar-refractivity contribution in [3.8, 4) is 5.75 Å². The summed E-state index contributed by atoms with van der Waals surface area (Å²) < 4.78 is 68.3. The fourth-order valence-electron chi connectivity index (χ4n) is 5.99. The predicted molar refractivity (Wildman–Crippen MR) is 128 cm³/mol. The highest BCUT2D eigenvalue weighted by atomic mass is 19.4. The van der Waals surface area contributed by atoms with E-state index in [1.54, 1.807) is 4.90 Å². The fourth-order valence-corrected chi connectivity index (χ4v) is 5.99. The molecule has 1 aromatic carbocycles. The molecule has 3 N–H and O–H groups in total. The number of nitrogens with two attached hydrogens (primary N) is 1. The minimum Gasteiger partial charge on any atom is -0.406 e. The Labute approximate surface area is 215 Å². The Bertz CT molecular complexity index is 1390. The van der Waals surface area contributed by atoms with Gasteiger partial charge in [0.2, 0.25) is 0 Å². The van der Waals surface area contributed by atoms with Gasteiger partial charge in [0.1, 0.15) is 17.2 Å². The molecule has 0 unspecified atom stereocenters. The monoisotopic (exact) mass is 534 g/mol. The second kappa shape index (κ2) is 9.12. The van der Waals surface area contributed by atoms with Gasteiger partial charge in [0, 0.05) is 54.3 Å². The van der Waals surface area contributed by atoms with E-state index in [4.69, 9.17) is 15.2 Å². The van der Waals surface area contributed by atoms with Gasteiger partial charge in [-0.3, -0.25) is 4.79 Å². The number of likely N-dealkylation sites (tertiary alicyclic amines) is 1. The van der Waals surface area contributed by atoms with Crippen LogP contribution in [-0.2, 0) is 22.3 Å². The molecule has 0 bridgehead atoms. The zero-order valence-corrected chi connectivity index (χ0v) is 20.4. The number of fused-ring (bicyclic) bond motifs is 3. The number of piperidine rings is 1. The molecule has 12 heteroatoms. The number of aromatic nitrogens is 2. The van der Waals surface area contributed by atoms with Crippen molar-refractivity contribution in [3.05, 3.63) is 52.6 Å². The number of nitrogens with zero attached hydrogens (tertiary/aromatic N) is 2. The van der Waals surface area contributed by atoms with E-state index in [1.807, 2.05) is 0 Å². The number of nitrogens with one attached hydrogen (secondary N) is 1. The highest BCUT2D eigenvalue weighted by Gasteiger charge is 2.42. The third-order valence-corrected chi connectivity index (χ3v) is 7.70. The highest BCUT2D eigenvalue weighted by Crippen LogP contribution is 2.42. The molecule has 8 nitrogen and oxygen atoms in total. The molecule has 0 saturated carbocycles. The smallest absolute Gasteiger partial charge is 0.406 e. The number of nitrogen functional groups attached to an aromatic ring is 1. The Morgan fingerprint density at radius 2 is 1.95 bits per heavy atom. The number of amides is 1. The Morgan fingerprint density at radius 1 is 1.21 bits per heavy atom. The number of carbonyl (C=O) groups is 1. The lowest BCUT2D eigenvalue weighted by atomic mass is 9.84. The molecule has 4 heterocycles. The van der Waals surface area contributed by atoms with Gasteiger partial charge in [0.15, 0.2) is 5.79 Å². The van der Waals surface area contributed by atoms with Gasteiger partial charge in [-0.2, -0.15) is 0 Å². The first-order valence-electron chi connectivity index (χ1n) is 12.5. The van der Waals surface area contributed by atoms with Crippen molar-refractivity contribution in [1.29, 1.82) is 0 Å². The average molecular weight is 535 g/mol. The van der Waals surface area contributed by atoms with Crippen molar-refractivity contribution < 1.29 is 36.6 Å². The standard InChI is InChI=1S/C26H26F4N4O4/c27-18-13-32-23-22(17-3-6-25(12-20(17)33-23)36-9-10-37-25)21(18)14-4-7-34(8-5-14)24(35)16-2-1-15(11-19(16)31)38-26(28,29)30/h1-2,11,13-14H,3-10,12,31H2,(H,32,33). The van der Waals surface area contributed by atoms with Gasteiger partial charge in [-0.15, -0.1) is 13.2 Å². The average Bonchev–Trinajstić information content (AvgIpc) is 3.47. The molecule has 1 amide bonds. The topological polar surface area (TPSA) is 103 Å². The van der Waals surface area contributed by atoms with E-state index in [2.05, 4.69) is 14.7 Å². The van der Waals surface area contributed by atoms with Gasteiger partial charge in [-0.1, -0.05) is 0 Å². The number of ether oxygens (including phenoxy) is 3. The molecule has 6 rings (SSSR count). The molecule has 0 radical (unpaired) electrons. The van der Waals surface area contributed by atoms with Gasteiger partial charge in [-0.25, -0.2) is 9.37 Å². The van der Waals surface area contributed by atoms with Crippen molar-refractivity contribution in [1.82, 2.24) is 14.9 Å². The molecule has 3 aliphatic rings. The van der Waals surface area contributed by atoms with Crippen LogP contribution in [0.25, 0.3) is 11.0 Å². The molecule has 2 aliphatic heterocycles. The van der Waals surface area contributed by atoms with Crippen LogP contribution in [0, 0.1) is 5.82 Å². The summed E-state index contributed by atoms with van der Waals surface area (Å²) in [6.07, 6.45) is -0.657. The zero-order valence-electron chi connectivity index (χ0n) is 20.4. The summed E-state index contributed by atoms with van der Waals surface area (Å²) in [6, 6.07) is 3.28. The van der Waals surface area contributed by atoms with E-state index >= 15 is 4.39 Å². The second-order valence-corrected chi connectivity index (χ2v) is 9.97. The van der Waals surface area contributed by atoms with Crippen molar-refractivity contribution in [2.45, 2.75) is 50.2 Å². The molecule has 1 aliphatic carbocycles. The van der Waals surface area contributed by atoms with Gasteiger partial charge in [-0.05, 0) is 42.9 Å². The molecular weight excluding hydrogens is 508 g/mol. The number of benzene rings is 1. The Hall–Kier alpha value is -3.38. The minimum atomic E-state index is -4.86. The molecule has 3 aromatic rings. The number of anilines is 1. The van der Waals surface area contributed by atoms with Gasteiger partial charge in [0.05, 0.1) is 25.0 Å². The van der Waals surface area contributed by atoms with Crippen LogP contribution in [0.3, 0.4) is 0 Å². The van der Waals surface area contributed by atoms with E-state index in [1.165, 1.54) is 12.3 Å². The molecule has 1 spiro atoms. The SMILES string of the molecule is Nc1cc(OC(F)(F)F)ccc1C(=O)N1CCC(c2c(F)cnc3[nH]c4c(c23)CCC2(C4)OCCO2)CC1. The Balaban J connectivity index is 1.20. The number of rotatable bonds is 3. The number of aromatic amines is 1. The van der Waals surface area contributed by atoms with E-state index in [-0.39, 0.29) is 28.9 Å². The Morgan fingerprint density at radius 3 is 2.63 bits per heavy atom. The van der Waals surface area contributed by atoms with Crippen LogP contribution in [0.15, 0.2) is 24.4 Å². The molecular formula is C26H26F4N4O4. The summed E-state index contributed by atoms with van der Waals surface area (Å²) in [7, 11) is 0. The summed E-state index contributed by atoms with van der Waals surface area (Å²) in [5.74, 6) is -2.01. The first-order valence-corrected chi connectivity index (χ1v) is 12.5. The molecule has 202 valence electrons. The number of hydrogen-bond donors (Lipinski definition) is 2. The number of halogens is 4. The van der Waals surface area contributed by atoms with E-state index in [0.717, 1.165) is 28.8 Å². The van der Waals surface area contributed by atoms with Crippen LogP contribution < -0.4 is 10.5 Å². The lowest BCUT2D eigenvalue weighted by Gasteiger charge is -2.33. The van der Waals surface area contributed by atoms with Crippen LogP contribution in [0.4, 0.5) is 23.2 Å². The van der Waals surface area contributed by atoms with Crippen LogP contribution >= 0.6 is 0 Å². The van der Waals surface area contributed by atoms with Gasteiger partial charge >= 0.3 is 6.36 Å². The third kappa shape index (κ3) is 4.45. The molecule has 2 saturated heterocycles. The predicted octanol–water partition coefficient (Wildman–Crippen LogP) is 4.43. The van der Waals surface area contributed by atoms with E-state index in [9.17, 15) is 18.0 Å². The molecule has 38 heavy (non-hydrogen) atoms. The Kier molecular flexibility index (Phi) is 5.98. The quantitative estimate of drug-likeness (QED) is 0.381. The first kappa shape index (κ1) is 24.9. The summed E-state index contributed by atoms with van der Waals surface area (Å²) in [5.41, 5.74) is 9.10. The first-order chi connectivity index (χ1) is 18.1. The van der Waals surface area contributed by atoms with E-state index < -0.39 is 17.9 Å². The molecule has 2 aromatic heterocycles. The summed E-state index contributed by atoms with van der Waals surface area (Å²) in [6.45, 7) is 1.82. The normalized spacial score (nSPS) is 19.7. The summed E-state index contributed by atoms with van der Waals surface area (Å²) in [4.78, 5) is 22.3. The number of hydrogen-bond acceptors (Lipinski definition) is 6. The fraction of sp³-hybridized carbons (Fsp3) is 0.462. The number of alkyl halides is 3. The number of H-pyrrole nitrogens is 1. The van der Waals surface area contributed by atoms with Gasteiger partial charge in [0.25, 0.3) is 5.91 Å². The lowest BCUT2D eigenvalue weighted by molar-refractivity contribution is -0.274. The number of pyridine rings is 1. The molecule has 0 atom stereocenters. The minimum absolute atomic E-state index is 0.0976. The summed E-state index contributed by atoms with van der Waals surface area (Å²) >= 11 is 0. The molecule has 2 fully saturated rings. The zero-order chi connectivity index (χ0) is 26.7. The van der Waals surface area contributed by atoms with Crippen LogP contribution in [0.1, 0.15) is 52.4 Å².